The van der Waals surface area contributed by atoms with Crippen LogP contribution in [0.15, 0.2) is 22.9 Å². The van der Waals surface area contributed by atoms with E-state index in [4.69, 9.17) is 9.63 Å². The highest BCUT2D eigenvalue weighted by Crippen LogP contribution is 2.17. The lowest BCUT2D eigenvalue weighted by molar-refractivity contribution is 0.0697. The zero-order chi connectivity index (χ0) is 13.1. The summed E-state index contributed by atoms with van der Waals surface area (Å²) in [6, 6.07) is 3.44. The van der Waals surface area contributed by atoms with Crippen LogP contribution in [0.1, 0.15) is 27.4 Å². The maximum absolute atomic E-state index is 11.1. The number of hydrogen-bond acceptors (Lipinski definition) is 5. The summed E-state index contributed by atoms with van der Waals surface area (Å²) >= 11 is 0. The van der Waals surface area contributed by atoms with Crippen LogP contribution in [0, 0.1) is 13.8 Å². The summed E-state index contributed by atoms with van der Waals surface area (Å²) in [6.07, 6.45) is 1.57. The van der Waals surface area contributed by atoms with Crippen LogP contribution in [0.3, 0.4) is 0 Å². The second kappa shape index (κ2) is 4.87. The number of carboxylic acids is 1. The zero-order valence-electron chi connectivity index (χ0n) is 10.1. The molecule has 0 aromatic carbocycles. The van der Waals surface area contributed by atoms with Gasteiger partial charge in [0.25, 0.3) is 0 Å². The van der Waals surface area contributed by atoms with Crippen LogP contribution in [0.2, 0.25) is 0 Å². The molecular formula is C12H13N3O3. The molecule has 0 bridgehead atoms. The number of aromatic nitrogens is 2. The Morgan fingerprint density at radius 1 is 1.50 bits per heavy atom. The third kappa shape index (κ3) is 2.48. The summed E-state index contributed by atoms with van der Waals surface area (Å²) in [5.74, 6) is 0.0463. The smallest absolute Gasteiger partial charge is 0.339 e. The molecule has 0 amide bonds. The van der Waals surface area contributed by atoms with E-state index in [1.807, 2.05) is 0 Å². The summed E-state index contributed by atoms with van der Waals surface area (Å²) in [6.45, 7) is 3.90. The summed E-state index contributed by atoms with van der Waals surface area (Å²) in [7, 11) is 0. The van der Waals surface area contributed by atoms with Crippen LogP contribution in [0.4, 0.5) is 5.82 Å². The molecule has 0 aliphatic carbocycles. The van der Waals surface area contributed by atoms with Crippen molar-refractivity contribution in [1.82, 2.24) is 10.1 Å². The van der Waals surface area contributed by atoms with E-state index in [2.05, 4.69) is 15.5 Å². The minimum absolute atomic E-state index is 0.178. The fourth-order valence-electron chi connectivity index (χ4n) is 1.64. The molecule has 0 unspecified atom stereocenters. The Balaban J connectivity index is 2.19. The molecule has 0 saturated heterocycles. The van der Waals surface area contributed by atoms with Gasteiger partial charge in [-0.15, -0.1) is 0 Å². The monoisotopic (exact) mass is 247 g/mol. The number of hydrogen-bond donors (Lipinski definition) is 2. The fourth-order valence-corrected chi connectivity index (χ4v) is 1.64. The molecule has 2 rings (SSSR count). The van der Waals surface area contributed by atoms with Crippen molar-refractivity contribution in [2.75, 3.05) is 5.32 Å². The number of aryl methyl sites for hydroxylation is 2. The number of rotatable bonds is 4. The van der Waals surface area contributed by atoms with Gasteiger partial charge in [-0.1, -0.05) is 5.16 Å². The molecule has 2 aromatic rings. The lowest BCUT2D eigenvalue weighted by atomic mass is 10.1. The first-order chi connectivity index (χ1) is 8.58. The molecule has 94 valence electrons. The second-order valence-electron chi connectivity index (χ2n) is 3.94. The predicted molar refractivity (Wildman–Crippen MR) is 64.5 cm³/mol. The van der Waals surface area contributed by atoms with Gasteiger partial charge in [-0.3, -0.25) is 0 Å². The van der Waals surface area contributed by atoms with Gasteiger partial charge in [0.15, 0.2) is 0 Å². The van der Waals surface area contributed by atoms with Gasteiger partial charge < -0.3 is 14.9 Å². The molecule has 18 heavy (non-hydrogen) atoms. The van der Waals surface area contributed by atoms with Gasteiger partial charge >= 0.3 is 5.97 Å². The Bertz CT molecular complexity index is 578. The van der Waals surface area contributed by atoms with Crippen LogP contribution >= 0.6 is 0 Å². The Kier molecular flexibility index (Phi) is 3.27. The van der Waals surface area contributed by atoms with Crippen molar-refractivity contribution in [1.29, 1.82) is 0 Å². The molecule has 2 N–H and O–H groups in total. The fraction of sp³-hybridized carbons (Fsp3) is 0.250. The van der Waals surface area contributed by atoms with Crippen LogP contribution < -0.4 is 5.32 Å². The summed E-state index contributed by atoms with van der Waals surface area (Å²) < 4.78 is 4.93. The molecule has 0 radical (unpaired) electrons. The number of pyridine rings is 1. The van der Waals surface area contributed by atoms with Crippen LogP contribution in [0.25, 0.3) is 0 Å². The first-order valence-corrected chi connectivity index (χ1v) is 5.43. The highest BCUT2D eigenvalue weighted by atomic mass is 16.5. The third-order valence-corrected chi connectivity index (χ3v) is 2.49. The second-order valence-corrected chi connectivity index (χ2v) is 3.94. The van der Waals surface area contributed by atoms with E-state index < -0.39 is 5.97 Å². The number of anilines is 1. The Morgan fingerprint density at radius 3 is 2.89 bits per heavy atom. The van der Waals surface area contributed by atoms with E-state index in [9.17, 15) is 4.79 Å². The van der Waals surface area contributed by atoms with Crippen LogP contribution in [-0.4, -0.2) is 21.2 Å². The first-order valence-electron chi connectivity index (χ1n) is 5.43. The molecule has 6 heteroatoms. The quantitative estimate of drug-likeness (QED) is 0.859. The van der Waals surface area contributed by atoms with Crippen molar-refractivity contribution in [3.63, 3.8) is 0 Å². The van der Waals surface area contributed by atoms with Gasteiger partial charge in [0, 0.05) is 12.3 Å². The number of nitrogens with zero attached hydrogens (tertiary/aromatic N) is 2. The summed E-state index contributed by atoms with van der Waals surface area (Å²) in [5, 5.41) is 15.9. The zero-order valence-corrected chi connectivity index (χ0v) is 10.1. The average Bonchev–Trinajstić information content (AvgIpc) is 2.72. The third-order valence-electron chi connectivity index (χ3n) is 2.49. The Labute approximate surface area is 104 Å². The Hall–Kier alpha value is -2.37. The maximum atomic E-state index is 11.1. The molecule has 0 spiro atoms. The Morgan fingerprint density at radius 2 is 2.28 bits per heavy atom. The maximum Gasteiger partial charge on any atom is 0.339 e. The van der Waals surface area contributed by atoms with Gasteiger partial charge in [0.05, 0.1) is 6.54 Å². The molecule has 6 nitrogen and oxygen atoms in total. The van der Waals surface area contributed by atoms with Gasteiger partial charge in [-0.25, -0.2) is 9.78 Å². The first kappa shape index (κ1) is 12.1. The highest BCUT2D eigenvalue weighted by molar-refractivity contribution is 5.94. The summed E-state index contributed by atoms with van der Waals surface area (Å²) in [5.41, 5.74) is 1.54. The van der Waals surface area contributed by atoms with Crippen molar-refractivity contribution in [3.8, 4) is 0 Å². The van der Waals surface area contributed by atoms with Gasteiger partial charge in [0.2, 0.25) is 0 Å². The van der Waals surface area contributed by atoms with Crippen molar-refractivity contribution >= 4 is 11.8 Å². The summed E-state index contributed by atoms with van der Waals surface area (Å²) in [4.78, 5) is 15.2. The van der Waals surface area contributed by atoms with E-state index in [-0.39, 0.29) is 5.56 Å². The van der Waals surface area contributed by atoms with E-state index in [1.165, 1.54) is 0 Å². The van der Waals surface area contributed by atoms with Gasteiger partial charge in [-0.05, 0) is 25.5 Å². The van der Waals surface area contributed by atoms with E-state index in [0.717, 1.165) is 0 Å². The molecule has 2 heterocycles. The van der Waals surface area contributed by atoms with Crippen molar-refractivity contribution in [3.05, 3.63) is 40.9 Å². The molecule has 2 aromatic heterocycles. The van der Waals surface area contributed by atoms with E-state index >= 15 is 0 Å². The van der Waals surface area contributed by atoms with Gasteiger partial charge in [-0.2, -0.15) is 0 Å². The van der Waals surface area contributed by atoms with Crippen LogP contribution in [-0.2, 0) is 6.54 Å². The lowest BCUT2D eigenvalue weighted by Crippen LogP contribution is -2.10. The molecular weight excluding hydrogens is 234 g/mol. The molecule has 0 atom stereocenters. The SMILES string of the molecule is Cc1cc(CNc2nccc(C)c2C(=O)O)no1. The van der Waals surface area contributed by atoms with Crippen molar-refractivity contribution < 1.29 is 14.4 Å². The number of nitrogens with one attached hydrogen (secondary N) is 1. The normalized spacial score (nSPS) is 10.3. The molecule has 0 saturated carbocycles. The standard InChI is InChI=1S/C12H13N3O3/c1-7-3-4-13-11(10(7)12(16)17)14-6-9-5-8(2)18-15-9/h3-5H,6H2,1-2H3,(H,13,14)(H,16,17). The minimum atomic E-state index is -1.00. The van der Waals surface area contributed by atoms with Crippen LogP contribution in [0.5, 0.6) is 0 Å². The van der Waals surface area contributed by atoms with E-state index in [1.54, 1.807) is 32.2 Å². The number of aromatic carboxylic acids is 1. The minimum Gasteiger partial charge on any atom is -0.478 e. The number of carbonyl (C=O) groups is 1. The predicted octanol–water partition coefficient (Wildman–Crippen LogP) is 2.00. The van der Waals surface area contributed by atoms with Crippen molar-refractivity contribution in [2.24, 2.45) is 0 Å². The van der Waals surface area contributed by atoms with E-state index in [0.29, 0.717) is 29.4 Å². The molecule has 0 aliphatic heterocycles. The largest absolute Gasteiger partial charge is 0.478 e. The molecule has 0 aliphatic rings. The van der Waals surface area contributed by atoms with Crippen molar-refractivity contribution in [2.45, 2.75) is 20.4 Å². The average molecular weight is 247 g/mol. The topological polar surface area (TPSA) is 88.2 Å². The lowest BCUT2D eigenvalue weighted by Gasteiger charge is -2.08. The molecule has 0 fully saturated rings. The highest BCUT2D eigenvalue weighted by Gasteiger charge is 2.14. The van der Waals surface area contributed by atoms with Gasteiger partial charge in [0.1, 0.15) is 22.8 Å². The number of carboxylic acid groups (broad SMARTS) is 1.